The van der Waals surface area contributed by atoms with E-state index in [2.05, 4.69) is 47.3 Å². The van der Waals surface area contributed by atoms with E-state index in [0.717, 1.165) is 17.4 Å². The van der Waals surface area contributed by atoms with E-state index in [1.54, 1.807) is 12.1 Å². The summed E-state index contributed by atoms with van der Waals surface area (Å²) >= 11 is 0. The van der Waals surface area contributed by atoms with Crippen molar-refractivity contribution in [1.82, 2.24) is 14.2 Å². The molecule has 1 heterocycles. The fourth-order valence-corrected chi connectivity index (χ4v) is 4.51. The first kappa shape index (κ1) is 24.5. The number of oxazole rings is 1. The molecule has 0 fully saturated rings. The van der Waals surface area contributed by atoms with Crippen molar-refractivity contribution in [2.45, 2.75) is 24.8 Å². The fraction of sp³-hybridized carbons (Fsp3) is 0.333. The predicted octanol–water partition coefficient (Wildman–Crippen LogP) is 3.96. The van der Waals surface area contributed by atoms with Crippen molar-refractivity contribution >= 4 is 15.9 Å². The first-order chi connectivity index (χ1) is 15.8. The topological polar surface area (TPSA) is 102 Å². The highest BCUT2D eigenvalue weighted by atomic mass is 32.2. The molecule has 8 nitrogen and oxygen atoms in total. The van der Waals surface area contributed by atoms with Gasteiger partial charge < -0.3 is 9.73 Å². The van der Waals surface area contributed by atoms with Crippen LogP contribution in [0.15, 0.2) is 63.9 Å². The molecular weight excluding hydrogens is 438 g/mol. The Morgan fingerprint density at radius 3 is 2.24 bits per heavy atom. The summed E-state index contributed by atoms with van der Waals surface area (Å²) in [6.07, 6.45) is 0. The molecule has 1 atom stereocenters. The maximum absolute atomic E-state index is 12.3. The Morgan fingerprint density at radius 2 is 1.70 bits per heavy atom. The van der Waals surface area contributed by atoms with Crippen LogP contribution in [0.2, 0.25) is 0 Å². The second-order valence-electron chi connectivity index (χ2n) is 7.65. The summed E-state index contributed by atoms with van der Waals surface area (Å²) in [5.41, 5.74) is 1.91. The molecule has 9 heteroatoms. The van der Waals surface area contributed by atoms with Crippen LogP contribution in [0.5, 0.6) is 0 Å². The minimum atomic E-state index is -3.53. The zero-order valence-corrected chi connectivity index (χ0v) is 20.1. The molecule has 3 aromatic rings. The molecule has 0 amide bonds. The Morgan fingerprint density at radius 1 is 1.06 bits per heavy atom. The molecule has 0 saturated heterocycles. The number of benzene rings is 2. The lowest BCUT2D eigenvalue weighted by Crippen LogP contribution is -2.33. The van der Waals surface area contributed by atoms with E-state index < -0.39 is 10.0 Å². The van der Waals surface area contributed by atoms with E-state index in [-0.39, 0.29) is 22.5 Å². The van der Waals surface area contributed by atoms with Gasteiger partial charge in [0.05, 0.1) is 10.9 Å². The maximum Gasteiger partial charge on any atom is 0.242 e. The van der Waals surface area contributed by atoms with Gasteiger partial charge in [-0.25, -0.2) is 12.7 Å². The lowest BCUT2D eigenvalue weighted by molar-refractivity contribution is 0.227. The monoisotopic (exact) mass is 467 g/mol. The van der Waals surface area contributed by atoms with Gasteiger partial charge in [-0.05, 0) is 42.9 Å². The average Bonchev–Trinajstić information content (AvgIpc) is 3.25. The third-order valence-electron chi connectivity index (χ3n) is 5.51. The lowest BCUT2D eigenvalue weighted by Gasteiger charge is -2.30. The quantitative estimate of drug-likeness (QED) is 0.481. The number of hydrogen-bond acceptors (Lipinski definition) is 7. The SMILES string of the molecule is CCN(CC)C(CNc1oc(-c2ccc(S(=O)(=O)N(C)C)cc2)nc1C#N)c1ccccc1. The molecule has 2 aromatic carbocycles. The maximum atomic E-state index is 12.3. The van der Waals surface area contributed by atoms with Crippen molar-refractivity contribution < 1.29 is 12.8 Å². The van der Waals surface area contributed by atoms with Crippen LogP contribution in [0.25, 0.3) is 11.5 Å². The Kier molecular flexibility index (Phi) is 7.87. The van der Waals surface area contributed by atoms with E-state index >= 15 is 0 Å². The van der Waals surface area contributed by atoms with Crippen LogP contribution < -0.4 is 5.32 Å². The van der Waals surface area contributed by atoms with Crippen molar-refractivity contribution in [2.24, 2.45) is 0 Å². The van der Waals surface area contributed by atoms with Crippen LogP contribution in [0.3, 0.4) is 0 Å². The van der Waals surface area contributed by atoms with Crippen LogP contribution >= 0.6 is 0 Å². The van der Waals surface area contributed by atoms with Crippen LogP contribution in [-0.2, 0) is 10.0 Å². The van der Waals surface area contributed by atoms with Gasteiger partial charge in [0.15, 0.2) is 0 Å². The van der Waals surface area contributed by atoms with Gasteiger partial charge in [-0.3, -0.25) is 4.90 Å². The second kappa shape index (κ2) is 10.6. The van der Waals surface area contributed by atoms with E-state index in [1.165, 1.54) is 31.8 Å². The number of nitrogens with zero attached hydrogens (tertiary/aromatic N) is 4. The fourth-order valence-electron chi connectivity index (χ4n) is 3.61. The summed E-state index contributed by atoms with van der Waals surface area (Å²) in [5.74, 6) is 0.549. The largest absolute Gasteiger partial charge is 0.419 e. The number of nitriles is 1. The number of nitrogens with one attached hydrogen (secondary N) is 1. The first-order valence-electron chi connectivity index (χ1n) is 10.8. The molecule has 0 bridgehead atoms. The molecule has 33 heavy (non-hydrogen) atoms. The van der Waals surface area contributed by atoms with Crippen LogP contribution in [0.1, 0.15) is 31.1 Å². The highest BCUT2D eigenvalue weighted by Crippen LogP contribution is 2.28. The van der Waals surface area contributed by atoms with Crippen molar-refractivity contribution in [2.75, 3.05) is 39.0 Å². The third-order valence-corrected chi connectivity index (χ3v) is 7.34. The van der Waals surface area contributed by atoms with Crippen LogP contribution in [0.4, 0.5) is 5.88 Å². The second-order valence-corrected chi connectivity index (χ2v) is 9.80. The van der Waals surface area contributed by atoms with Gasteiger partial charge in [0.25, 0.3) is 0 Å². The number of anilines is 1. The third kappa shape index (κ3) is 5.42. The van der Waals surface area contributed by atoms with Gasteiger partial charge >= 0.3 is 0 Å². The molecule has 174 valence electrons. The van der Waals surface area contributed by atoms with E-state index in [4.69, 9.17) is 4.42 Å². The summed E-state index contributed by atoms with van der Waals surface area (Å²) in [5, 5.41) is 12.8. The van der Waals surface area contributed by atoms with Crippen LogP contribution in [0, 0.1) is 11.3 Å². The summed E-state index contributed by atoms with van der Waals surface area (Å²) in [6, 6.07) is 18.6. The Hall–Kier alpha value is -3.19. The van der Waals surface area contributed by atoms with Crippen molar-refractivity contribution in [1.29, 1.82) is 5.26 Å². The molecule has 1 N–H and O–H groups in total. The highest BCUT2D eigenvalue weighted by molar-refractivity contribution is 7.89. The average molecular weight is 468 g/mol. The number of hydrogen-bond donors (Lipinski definition) is 1. The van der Waals surface area contributed by atoms with Gasteiger partial charge in [-0.1, -0.05) is 44.2 Å². The minimum Gasteiger partial charge on any atom is -0.419 e. The van der Waals surface area contributed by atoms with Crippen LogP contribution in [-0.4, -0.2) is 56.3 Å². The summed E-state index contributed by atoms with van der Waals surface area (Å²) in [4.78, 5) is 6.80. The van der Waals surface area contributed by atoms with Gasteiger partial charge in [-0.15, -0.1) is 0 Å². The molecule has 1 aromatic heterocycles. The van der Waals surface area contributed by atoms with Gasteiger partial charge in [0.1, 0.15) is 6.07 Å². The Labute approximate surface area is 195 Å². The molecule has 0 spiro atoms. The summed E-state index contributed by atoms with van der Waals surface area (Å²) in [7, 11) is -0.565. The smallest absolute Gasteiger partial charge is 0.242 e. The van der Waals surface area contributed by atoms with Crippen molar-refractivity contribution in [3.05, 3.63) is 65.9 Å². The first-order valence-corrected chi connectivity index (χ1v) is 12.2. The molecule has 0 aliphatic heterocycles. The number of sulfonamides is 1. The molecule has 0 saturated carbocycles. The number of rotatable bonds is 10. The van der Waals surface area contributed by atoms with E-state index in [1.807, 2.05) is 18.2 Å². The summed E-state index contributed by atoms with van der Waals surface area (Å²) in [6.45, 7) is 6.54. The molecular formula is C24H29N5O3S. The Balaban J connectivity index is 1.84. The van der Waals surface area contributed by atoms with Gasteiger partial charge in [0, 0.05) is 26.2 Å². The Bertz CT molecular complexity index is 1200. The van der Waals surface area contributed by atoms with E-state index in [9.17, 15) is 13.7 Å². The molecule has 0 radical (unpaired) electrons. The summed E-state index contributed by atoms with van der Waals surface area (Å²) < 4.78 is 31.6. The van der Waals surface area contributed by atoms with Crippen molar-refractivity contribution in [3.8, 4) is 17.5 Å². The zero-order chi connectivity index (χ0) is 24.0. The highest BCUT2D eigenvalue weighted by Gasteiger charge is 2.21. The normalized spacial score (nSPS) is 12.6. The van der Waals surface area contributed by atoms with Crippen molar-refractivity contribution in [3.63, 3.8) is 0 Å². The standard InChI is InChI=1S/C24H29N5O3S/c1-5-29(6-2)22(18-10-8-7-9-11-18)17-26-24-21(16-25)27-23(32-24)19-12-14-20(15-13-19)33(30,31)28(3)4/h7-15,22,26H,5-6,17H2,1-4H3. The lowest BCUT2D eigenvalue weighted by atomic mass is 10.1. The minimum absolute atomic E-state index is 0.0943. The van der Waals surface area contributed by atoms with Gasteiger partial charge in [-0.2, -0.15) is 10.2 Å². The molecule has 3 rings (SSSR count). The van der Waals surface area contributed by atoms with E-state index in [0.29, 0.717) is 18.0 Å². The molecule has 1 unspecified atom stereocenters. The van der Waals surface area contributed by atoms with Gasteiger partial charge in [0.2, 0.25) is 27.5 Å². The zero-order valence-electron chi connectivity index (χ0n) is 19.3. The number of likely N-dealkylation sites (N-methyl/N-ethyl adjacent to an activating group) is 1. The molecule has 0 aliphatic rings. The number of aromatic nitrogens is 1. The molecule has 0 aliphatic carbocycles. The predicted molar refractivity (Wildman–Crippen MR) is 128 cm³/mol.